The molecule has 0 spiro atoms. The summed E-state index contributed by atoms with van der Waals surface area (Å²) in [6.45, 7) is 3.83. The average Bonchev–Trinajstić information content (AvgIpc) is 2.94. The third-order valence-corrected chi connectivity index (χ3v) is 2.28. The lowest BCUT2D eigenvalue weighted by molar-refractivity contribution is -0.170. The van der Waals surface area contributed by atoms with E-state index >= 15 is 0 Å². The van der Waals surface area contributed by atoms with Gasteiger partial charge in [0.05, 0.1) is 25.9 Å². The number of Topliss-reactive ketones (excluding diaryl/α,β-unsaturated/α-hetero) is 2. The Morgan fingerprint density at radius 3 is 2.25 bits per heavy atom. The molecule has 2 heterocycles. The molecule has 1 aliphatic rings. The standard InChI is InChI=1S/C8H5F3O3.C4H9NO/c9-8(10,11)7(13)4-5(12)6-2-1-3-14-6;1-3-6-4-2-5-1/h1-3H,4H2;5H,1-4H2. The Labute approximate surface area is 113 Å². The highest BCUT2D eigenvalue weighted by atomic mass is 19.4. The van der Waals surface area contributed by atoms with Gasteiger partial charge in [0.1, 0.15) is 0 Å². The van der Waals surface area contributed by atoms with Gasteiger partial charge in [0.25, 0.3) is 0 Å². The Balaban J connectivity index is 0.000000276. The maximum atomic E-state index is 11.7. The molecule has 0 atom stereocenters. The molecule has 0 amide bonds. The number of morpholine rings is 1. The number of ether oxygens (including phenoxy) is 1. The number of carbonyl (C=O) groups excluding carboxylic acids is 2. The molecule has 112 valence electrons. The van der Waals surface area contributed by atoms with Crippen molar-refractivity contribution < 1.29 is 31.9 Å². The van der Waals surface area contributed by atoms with Crippen LogP contribution in [-0.4, -0.2) is 44.0 Å². The number of furan rings is 1. The van der Waals surface area contributed by atoms with Crippen molar-refractivity contribution in [2.75, 3.05) is 26.3 Å². The largest absolute Gasteiger partial charge is 0.461 e. The van der Waals surface area contributed by atoms with Crippen LogP contribution in [0.25, 0.3) is 0 Å². The van der Waals surface area contributed by atoms with Crippen LogP contribution in [0.5, 0.6) is 0 Å². The topological polar surface area (TPSA) is 68.5 Å². The predicted molar refractivity (Wildman–Crippen MR) is 62.4 cm³/mol. The minimum Gasteiger partial charge on any atom is -0.461 e. The zero-order valence-corrected chi connectivity index (χ0v) is 10.5. The fourth-order valence-corrected chi connectivity index (χ4v) is 1.29. The van der Waals surface area contributed by atoms with Crippen LogP contribution in [0, 0.1) is 0 Å². The Morgan fingerprint density at radius 2 is 1.90 bits per heavy atom. The molecule has 1 aromatic heterocycles. The van der Waals surface area contributed by atoms with Gasteiger partial charge in [0, 0.05) is 13.1 Å². The van der Waals surface area contributed by atoms with E-state index in [2.05, 4.69) is 9.73 Å². The highest BCUT2D eigenvalue weighted by Crippen LogP contribution is 2.19. The zero-order valence-electron chi connectivity index (χ0n) is 10.5. The number of hydrogen-bond donors (Lipinski definition) is 1. The summed E-state index contributed by atoms with van der Waals surface area (Å²) in [4.78, 5) is 21.3. The minimum atomic E-state index is -4.97. The van der Waals surface area contributed by atoms with Gasteiger partial charge >= 0.3 is 6.18 Å². The van der Waals surface area contributed by atoms with Gasteiger partial charge in [-0.15, -0.1) is 0 Å². The third-order valence-electron chi connectivity index (χ3n) is 2.28. The van der Waals surface area contributed by atoms with Gasteiger partial charge < -0.3 is 14.5 Å². The molecule has 5 nitrogen and oxygen atoms in total. The smallest absolute Gasteiger partial charge is 0.450 e. The highest BCUT2D eigenvalue weighted by molar-refractivity contribution is 6.08. The maximum Gasteiger partial charge on any atom is 0.450 e. The lowest BCUT2D eigenvalue weighted by Gasteiger charge is -2.10. The normalized spacial score (nSPS) is 15.2. The molecule has 0 bridgehead atoms. The first-order valence-corrected chi connectivity index (χ1v) is 5.86. The van der Waals surface area contributed by atoms with Crippen molar-refractivity contribution in [1.82, 2.24) is 5.32 Å². The van der Waals surface area contributed by atoms with E-state index in [0.29, 0.717) is 0 Å². The van der Waals surface area contributed by atoms with Gasteiger partial charge in [0.2, 0.25) is 11.6 Å². The summed E-state index contributed by atoms with van der Waals surface area (Å²) in [5, 5.41) is 3.16. The van der Waals surface area contributed by atoms with E-state index in [1.165, 1.54) is 12.1 Å². The minimum absolute atomic E-state index is 0.248. The number of nitrogens with one attached hydrogen (secondary N) is 1. The quantitative estimate of drug-likeness (QED) is 0.677. The van der Waals surface area contributed by atoms with Crippen LogP contribution in [0.3, 0.4) is 0 Å². The van der Waals surface area contributed by atoms with E-state index in [4.69, 9.17) is 4.74 Å². The molecular formula is C12H14F3NO4. The molecular weight excluding hydrogens is 279 g/mol. The molecule has 2 rings (SSSR count). The van der Waals surface area contributed by atoms with E-state index in [1.54, 1.807) is 0 Å². The molecule has 8 heteroatoms. The van der Waals surface area contributed by atoms with Crippen LogP contribution in [0.15, 0.2) is 22.8 Å². The maximum absolute atomic E-state index is 11.7. The monoisotopic (exact) mass is 293 g/mol. The molecule has 1 aliphatic heterocycles. The second-order valence-electron chi connectivity index (χ2n) is 3.86. The second kappa shape index (κ2) is 7.81. The number of halogens is 3. The first kappa shape index (κ1) is 16.4. The molecule has 0 aromatic carbocycles. The molecule has 0 unspecified atom stereocenters. The van der Waals surface area contributed by atoms with Gasteiger partial charge in [-0.1, -0.05) is 0 Å². The Kier molecular flexibility index (Phi) is 6.40. The van der Waals surface area contributed by atoms with E-state index < -0.39 is 24.2 Å². The van der Waals surface area contributed by atoms with Gasteiger partial charge in [-0.05, 0) is 12.1 Å². The van der Waals surface area contributed by atoms with Gasteiger partial charge in [-0.2, -0.15) is 13.2 Å². The van der Waals surface area contributed by atoms with Crippen molar-refractivity contribution >= 4 is 11.6 Å². The molecule has 0 radical (unpaired) electrons. The number of rotatable bonds is 3. The molecule has 0 saturated carbocycles. The van der Waals surface area contributed by atoms with Crippen molar-refractivity contribution in [3.8, 4) is 0 Å². The Morgan fingerprint density at radius 1 is 1.25 bits per heavy atom. The third kappa shape index (κ3) is 5.98. The van der Waals surface area contributed by atoms with Crippen LogP contribution in [0.4, 0.5) is 13.2 Å². The zero-order chi connectivity index (χ0) is 15.0. The van der Waals surface area contributed by atoms with Crippen LogP contribution in [-0.2, 0) is 9.53 Å². The average molecular weight is 293 g/mol. The number of ketones is 2. The summed E-state index contributed by atoms with van der Waals surface area (Å²) in [6.07, 6.45) is -5.04. The Hall–Kier alpha value is -1.67. The number of carbonyl (C=O) groups is 2. The molecule has 1 aromatic rings. The van der Waals surface area contributed by atoms with Crippen LogP contribution in [0.1, 0.15) is 17.0 Å². The first-order chi connectivity index (χ1) is 9.41. The molecule has 0 aliphatic carbocycles. The fourth-order valence-electron chi connectivity index (χ4n) is 1.29. The summed E-state index contributed by atoms with van der Waals surface area (Å²) >= 11 is 0. The van der Waals surface area contributed by atoms with Gasteiger partial charge in [-0.25, -0.2) is 0 Å². The van der Waals surface area contributed by atoms with Crippen LogP contribution in [0.2, 0.25) is 0 Å². The SMILES string of the molecule is C1COCCN1.O=C(CC(=O)C(F)(F)F)c1ccco1. The number of alkyl halides is 3. The molecule has 1 saturated heterocycles. The molecule has 1 N–H and O–H groups in total. The summed E-state index contributed by atoms with van der Waals surface area (Å²) in [5.74, 6) is -3.29. The summed E-state index contributed by atoms with van der Waals surface area (Å²) in [5.41, 5.74) is 0. The lowest BCUT2D eigenvalue weighted by Crippen LogP contribution is -2.30. The first-order valence-electron chi connectivity index (χ1n) is 5.86. The van der Waals surface area contributed by atoms with Gasteiger partial charge in [0.15, 0.2) is 5.76 Å². The summed E-state index contributed by atoms with van der Waals surface area (Å²) < 4.78 is 44.7. The highest BCUT2D eigenvalue weighted by Gasteiger charge is 2.39. The van der Waals surface area contributed by atoms with Gasteiger partial charge in [-0.3, -0.25) is 9.59 Å². The van der Waals surface area contributed by atoms with E-state index in [9.17, 15) is 22.8 Å². The van der Waals surface area contributed by atoms with E-state index in [0.717, 1.165) is 32.6 Å². The Bertz CT molecular complexity index is 413. The summed E-state index contributed by atoms with van der Waals surface area (Å²) in [7, 11) is 0. The predicted octanol–water partition coefficient (Wildman–Crippen LogP) is 1.59. The van der Waals surface area contributed by atoms with E-state index in [-0.39, 0.29) is 5.76 Å². The summed E-state index contributed by atoms with van der Waals surface area (Å²) in [6, 6.07) is 2.55. The van der Waals surface area contributed by atoms with Crippen molar-refractivity contribution in [2.45, 2.75) is 12.6 Å². The van der Waals surface area contributed by atoms with Crippen molar-refractivity contribution in [2.24, 2.45) is 0 Å². The van der Waals surface area contributed by atoms with Crippen LogP contribution < -0.4 is 5.32 Å². The fraction of sp³-hybridized carbons (Fsp3) is 0.500. The lowest BCUT2D eigenvalue weighted by atomic mass is 10.1. The van der Waals surface area contributed by atoms with Crippen molar-refractivity contribution in [3.63, 3.8) is 0 Å². The van der Waals surface area contributed by atoms with Crippen molar-refractivity contribution in [1.29, 1.82) is 0 Å². The van der Waals surface area contributed by atoms with E-state index in [1.807, 2.05) is 0 Å². The van der Waals surface area contributed by atoms with Crippen molar-refractivity contribution in [3.05, 3.63) is 24.2 Å². The molecule has 20 heavy (non-hydrogen) atoms. The second-order valence-corrected chi connectivity index (χ2v) is 3.86. The number of hydrogen-bond acceptors (Lipinski definition) is 5. The molecule has 1 fully saturated rings. The van der Waals surface area contributed by atoms with Crippen LogP contribution >= 0.6 is 0 Å².